The molecule has 10 rings (SSSR count). The van der Waals surface area contributed by atoms with Gasteiger partial charge < -0.3 is 18.6 Å². The van der Waals surface area contributed by atoms with Crippen molar-refractivity contribution in [2.75, 3.05) is 9.80 Å². The van der Waals surface area contributed by atoms with Crippen LogP contribution in [-0.4, -0.2) is 0 Å². The Kier molecular flexibility index (Phi) is 5.84. The van der Waals surface area contributed by atoms with E-state index in [1.54, 1.807) is 0 Å². The number of hydrogen-bond acceptors (Lipinski definition) is 4. The number of benzene rings is 8. The van der Waals surface area contributed by atoms with E-state index in [0.717, 1.165) is 89.1 Å². The van der Waals surface area contributed by atoms with Crippen LogP contribution in [0.4, 0.5) is 34.1 Å². The predicted octanol–water partition coefficient (Wildman–Crippen LogP) is 13.0. The van der Waals surface area contributed by atoms with Gasteiger partial charge in [0.15, 0.2) is 0 Å². The Morgan fingerprint density at radius 1 is 0.292 bits per heavy atom. The molecule has 0 atom stereocenters. The summed E-state index contributed by atoms with van der Waals surface area (Å²) in [5.41, 5.74) is 12.0. The standard InChI is InChI=1S/C44H28N2O2/c1-5-13-29(14-6-1)45(30-15-7-2-8-16-30)35-23-27-37-41-33(35)21-25-39-43(41)44-40(47-37)26-22-34-36(24-28-38(48-39)42(34)44)46(31-17-9-3-10-18-31)32-19-11-4-12-20-32/h1-28H. The van der Waals surface area contributed by atoms with E-state index in [0.29, 0.717) is 0 Å². The first-order valence-electron chi connectivity index (χ1n) is 16.2. The van der Waals surface area contributed by atoms with Gasteiger partial charge >= 0.3 is 0 Å². The first kappa shape index (κ1) is 26.7. The third-order valence-corrected chi connectivity index (χ3v) is 9.39. The number of rotatable bonds is 6. The lowest BCUT2D eigenvalue weighted by molar-refractivity contribution is 0.646. The molecule has 2 aliphatic heterocycles. The van der Waals surface area contributed by atoms with Crippen molar-refractivity contribution in [3.8, 4) is 11.1 Å². The Balaban J connectivity index is 1.26. The molecule has 226 valence electrons. The van der Waals surface area contributed by atoms with Gasteiger partial charge in [0.1, 0.15) is 22.3 Å². The molecule has 0 spiro atoms. The molecule has 0 aromatic heterocycles. The van der Waals surface area contributed by atoms with Gasteiger partial charge in [-0.15, -0.1) is 0 Å². The van der Waals surface area contributed by atoms with Gasteiger partial charge in [0.2, 0.25) is 0 Å². The van der Waals surface area contributed by atoms with Crippen molar-refractivity contribution in [3.05, 3.63) is 170 Å². The summed E-state index contributed by atoms with van der Waals surface area (Å²) in [5.74, 6) is 0. The first-order valence-corrected chi connectivity index (χ1v) is 16.2. The van der Waals surface area contributed by atoms with Crippen molar-refractivity contribution in [3.63, 3.8) is 0 Å². The second-order valence-corrected chi connectivity index (χ2v) is 12.1. The summed E-state index contributed by atoms with van der Waals surface area (Å²) in [6.07, 6.45) is 0. The van der Waals surface area contributed by atoms with E-state index in [-0.39, 0.29) is 0 Å². The molecule has 0 saturated heterocycles. The molecule has 0 bridgehead atoms. The molecule has 0 fully saturated rings. The highest BCUT2D eigenvalue weighted by atomic mass is 16.3. The summed E-state index contributed by atoms with van der Waals surface area (Å²) in [6, 6.07) is 59.2. The van der Waals surface area contributed by atoms with Crippen LogP contribution in [0.5, 0.6) is 0 Å². The first-order chi connectivity index (χ1) is 23.8. The molecule has 2 aliphatic rings. The minimum atomic E-state index is 0.830. The van der Waals surface area contributed by atoms with Crippen molar-refractivity contribution >= 4 is 78.0 Å². The molecule has 8 aromatic carbocycles. The Morgan fingerprint density at radius 3 is 0.938 bits per heavy atom. The Bertz CT molecular complexity index is 2390. The van der Waals surface area contributed by atoms with Crippen LogP contribution in [0.1, 0.15) is 0 Å². The molecule has 2 heterocycles. The second-order valence-electron chi connectivity index (χ2n) is 12.1. The van der Waals surface area contributed by atoms with Gasteiger partial charge in [-0.1, -0.05) is 72.8 Å². The zero-order valence-electron chi connectivity index (χ0n) is 25.9. The molecule has 0 unspecified atom stereocenters. The summed E-state index contributed by atoms with van der Waals surface area (Å²) in [7, 11) is 0. The van der Waals surface area contributed by atoms with E-state index in [9.17, 15) is 0 Å². The van der Waals surface area contributed by atoms with Gasteiger partial charge in [-0.3, -0.25) is 0 Å². The minimum absolute atomic E-state index is 0.830. The lowest BCUT2D eigenvalue weighted by Crippen LogP contribution is -2.11. The van der Waals surface area contributed by atoms with E-state index in [1.165, 1.54) is 0 Å². The Labute approximate surface area is 277 Å². The van der Waals surface area contributed by atoms with Crippen LogP contribution >= 0.6 is 0 Å². The number of nitrogens with zero attached hydrogens (tertiary/aromatic N) is 2. The number of para-hydroxylation sites is 4. The van der Waals surface area contributed by atoms with Crippen molar-refractivity contribution in [2.24, 2.45) is 0 Å². The highest BCUT2D eigenvalue weighted by molar-refractivity contribution is 6.26. The molecule has 0 radical (unpaired) electrons. The minimum Gasteiger partial charge on any atom is -0.456 e. The van der Waals surface area contributed by atoms with Gasteiger partial charge in [0, 0.05) is 55.4 Å². The van der Waals surface area contributed by atoms with Crippen LogP contribution in [0.25, 0.3) is 55.0 Å². The van der Waals surface area contributed by atoms with Gasteiger partial charge in [0.05, 0.1) is 11.4 Å². The monoisotopic (exact) mass is 616 g/mol. The van der Waals surface area contributed by atoms with Gasteiger partial charge in [0.25, 0.3) is 0 Å². The van der Waals surface area contributed by atoms with Gasteiger partial charge in [-0.05, 0) is 97.1 Å². The Hall–Kier alpha value is -6.52. The summed E-state index contributed by atoms with van der Waals surface area (Å²) >= 11 is 0. The maximum atomic E-state index is 6.77. The van der Waals surface area contributed by atoms with Gasteiger partial charge in [-0.2, -0.15) is 0 Å². The van der Waals surface area contributed by atoms with Crippen molar-refractivity contribution in [1.82, 2.24) is 0 Å². The van der Waals surface area contributed by atoms with Crippen LogP contribution in [0.3, 0.4) is 0 Å². The zero-order valence-corrected chi connectivity index (χ0v) is 25.9. The maximum Gasteiger partial charge on any atom is 0.136 e. The van der Waals surface area contributed by atoms with Crippen LogP contribution in [-0.2, 0) is 0 Å². The molecule has 0 amide bonds. The maximum absolute atomic E-state index is 6.77. The summed E-state index contributed by atoms with van der Waals surface area (Å²) in [4.78, 5) is 4.63. The lowest BCUT2D eigenvalue weighted by atomic mass is 9.89. The predicted molar refractivity (Wildman–Crippen MR) is 198 cm³/mol. The third kappa shape index (κ3) is 3.96. The number of anilines is 6. The zero-order chi connectivity index (χ0) is 31.6. The second kappa shape index (κ2) is 10.5. The van der Waals surface area contributed by atoms with E-state index in [2.05, 4.69) is 180 Å². The fourth-order valence-corrected chi connectivity index (χ4v) is 7.39. The normalized spacial score (nSPS) is 11.8. The molecule has 4 heteroatoms. The van der Waals surface area contributed by atoms with E-state index >= 15 is 0 Å². The summed E-state index contributed by atoms with van der Waals surface area (Å²) < 4.78 is 13.5. The fraction of sp³-hybridized carbons (Fsp3) is 0. The summed E-state index contributed by atoms with van der Waals surface area (Å²) in [6.45, 7) is 0. The quantitative estimate of drug-likeness (QED) is 0.137. The largest absolute Gasteiger partial charge is 0.456 e. The van der Waals surface area contributed by atoms with E-state index in [1.807, 2.05) is 0 Å². The molecular formula is C44H28N2O2. The lowest BCUT2D eigenvalue weighted by Gasteiger charge is -2.29. The average molecular weight is 617 g/mol. The third-order valence-electron chi connectivity index (χ3n) is 9.39. The van der Waals surface area contributed by atoms with Crippen molar-refractivity contribution < 1.29 is 8.83 Å². The van der Waals surface area contributed by atoms with Crippen molar-refractivity contribution in [2.45, 2.75) is 0 Å². The SMILES string of the molecule is c1ccc(N(c2ccccc2)c2ccc3oc4ccc5c(N(c6ccccc6)c6ccccc6)ccc6oc7ccc2c3c7-c4c65)cc1. The molecule has 0 aliphatic carbocycles. The van der Waals surface area contributed by atoms with E-state index in [4.69, 9.17) is 8.83 Å². The van der Waals surface area contributed by atoms with Crippen LogP contribution in [0, 0.1) is 0 Å². The highest BCUT2D eigenvalue weighted by Crippen LogP contribution is 2.52. The Morgan fingerprint density at radius 2 is 0.604 bits per heavy atom. The molecule has 4 nitrogen and oxygen atoms in total. The number of hydrogen-bond donors (Lipinski definition) is 0. The van der Waals surface area contributed by atoms with Crippen LogP contribution in [0.15, 0.2) is 179 Å². The molecule has 48 heavy (non-hydrogen) atoms. The molecular weight excluding hydrogens is 588 g/mol. The van der Waals surface area contributed by atoms with Crippen molar-refractivity contribution in [1.29, 1.82) is 0 Å². The fourth-order valence-electron chi connectivity index (χ4n) is 7.39. The smallest absolute Gasteiger partial charge is 0.136 e. The molecule has 0 saturated carbocycles. The topological polar surface area (TPSA) is 32.8 Å². The highest BCUT2D eigenvalue weighted by Gasteiger charge is 2.28. The van der Waals surface area contributed by atoms with Crippen LogP contribution < -0.4 is 9.80 Å². The van der Waals surface area contributed by atoms with E-state index < -0.39 is 0 Å². The van der Waals surface area contributed by atoms with Crippen LogP contribution in [0.2, 0.25) is 0 Å². The van der Waals surface area contributed by atoms with Gasteiger partial charge in [-0.25, -0.2) is 0 Å². The molecule has 0 N–H and O–H groups in total. The molecule has 8 aromatic rings. The summed E-state index contributed by atoms with van der Waals surface area (Å²) in [5, 5.41) is 4.31. The average Bonchev–Trinajstić information content (AvgIpc) is 3.16.